The van der Waals surface area contributed by atoms with Crippen LogP contribution in [0.3, 0.4) is 0 Å². The number of halogens is 1. The average molecular weight is 292 g/mol. The van der Waals surface area contributed by atoms with E-state index in [0.29, 0.717) is 24.2 Å². The Hall–Kier alpha value is -1.07. The van der Waals surface area contributed by atoms with Crippen LogP contribution in [0.15, 0.2) is 42.7 Å². The second-order valence-electron chi connectivity index (χ2n) is 6.16. The van der Waals surface area contributed by atoms with Crippen LogP contribution in [-0.2, 0) is 0 Å². The van der Waals surface area contributed by atoms with Crippen molar-refractivity contribution in [3.05, 3.63) is 42.7 Å². The van der Waals surface area contributed by atoms with Crippen LogP contribution in [-0.4, -0.2) is 6.17 Å². The van der Waals surface area contributed by atoms with Gasteiger partial charge in [-0.05, 0) is 55.4 Å². The van der Waals surface area contributed by atoms with Gasteiger partial charge in [-0.25, -0.2) is 4.39 Å². The van der Waals surface area contributed by atoms with Crippen molar-refractivity contribution < 1.29 is 4.39 Å². The molecule has 0 rings (SSSR count). The van der Waals surface area contributed by atoms with Gasteiger partial charge in [0.25, 0.3) is 0 Å². The molecule has 0 N–H and O–H groups in total. The first-order valence-electron chi connectivity index (χ1n) is 8.28. The molecular weight excluding hydrogens is 259 g/mol. The van der Waals surface area contributed by atoms with Gasteiger partial charge in [-0.3, -0.25) is 0 Å². The van der Waals surface area contributed by atoms with Crippen LogP contribution in [0.5, 0.6) is 0 Å². The monoisotopic (exact) mass is 292 g/mol. The second-order valence-corrected chi connectivity index (χ2v) is 6.16. The van der Waals surface area contributed by atoms with Crippen LogP contribution in [0.25, 0.3) is 0 Å². The Balaban J connectivity index is 4.24. The van der Waals surface area contributed by atoms with Crippen molar-refractivity contribution in [3.8, 4) is 0 Å². The molecule has 0 aromatic carbocycles. The van der Waals surface area contributed by atoms with Gasteiger partial charge in [-0.1, -0.05) is 52.5 Å². The van der Waals surface area contributed by atoms with E-state index in [1.54, 1.807) is 6.08 Å². The molecule has 0 saturated heterocycles. The minimum absolute atomic E-state index is 0.499. The van der Waals surface area contributed by atoms with Gasteiger partial charge in [-0.15, -0.1) is 12.3 Å². The van der Waals surface area contributed by atoms with Crippen LogP contribution in [0, 0.1) is 17.8 Å². The van der Waals surface area contributed by atoms with Gasteiger partial charge in [-0.2, -0.15) is 0 Å². The summed E-state index contributed by atoms with van der Waals surface area (Å²) in [5.41, 5.74) is 4.43. The number of alkyl halides is 1. The first-order valence-corrected chi connectivity index (χ1v) is 8.28. The summed E-state index contributed by atoms with van der Waals surface area (Å²) in [7, 11) is 0. The standard InChI is InChI=1S/C20H33F/c1-7-16(4)15-17(5)18(6)19(8-2)13-11-10-12-14-20(21)9-3/h7,12,14,16-18,20H,1-2,9-11,13,15H2,3-6H3/b14-12-. The highest BCUT2D eigenvalue weighted by Crippen LogP contribution is 2.28. The maximum absolute atomic E-state index is 13.1. The summed E-state index contributed by atoms with van der Waals surface area (Å²) in [5, 5.41) is 0. The predicted molar refractivity (Wildman–Crippen MR) is 93.1 cm³/mol. The molecule has 0 aliphatic heterocycles. The second kappa shape index (κ2) is 11.6. The average Bonchev–Trinajstić information content (AvgIpc) is 2.49. The van der Waals surface area contributed by atoms with Gasteiger partial charge >= 0.3 is 0 Å². The zero-order chi connectivity index (χ0) is 16.3. The van der Waals surface area contributed by atoms with Crippen LogP contribution in [0.2, 0.25) is 0 Å². The molecular formula is C20H33F. The van der Waals surface area contributed by atoms with E-state index in [0.717, 1.165) is 25.7 Å². The Labute approximate surface area is 131 Å². The summed E-state index contributed by atoms with van der Waals surface area (Å²) in [6.07, 6.45) is 9.54. The number of allylic oxidation sites excluding steroid dienone is 4. The Morgan fingerprint density at radius 2 is 1.95 bits per heavy atom. The van der Waals surface area contributed by atoms with Crippen molar-refractivity contribution in [2.45, 2.75) is 66.0 Å². The molecule has 120 valence electrons. The largest absolute Gasteiger partial charge is 0.243 e. The molecule has 0 aliphatic carbocycles. The van der Waals surface area contributed by atoms with E-state index < -0.39 is 6.17 Å². The molecule has 0 amide bonds. The summed E-state index contributed by atoms with van der Waals surface area (Å²) >= 11 is 0. The normalized spacial score (nSPS) is 17.0. The molecule has 0 saturated carbocycles. The van der Waals surface area contributed by atoms with E-state index in [1.807, 2.05) is 19.1 Å². The smallest absolute Gasteiger partial charge is 0.118 e. The fraction of sp³-hybridized carbons (Fsp3) is 0.650. The summed E-state index contributed by atoms with van der Waals surface area (Å²) in [6, 6.07) is 0. The molecule has 4 atom stereocenters. The predicted octanol–water partition coefficient (Wildman–Crippen LogP) is 6.66. The summed E-state index contributed by atoms with van der Waals surface area (Å²) in [6.45, 7) is 16.3. The van der Waals surface area contributed by atoms with Crippen LogP contribution < -0.4 is 0 Å². The van der Waals surface area contributed by atoms with Crippen LogP contribution >= 0.6 is 0 Å². The van der Waals surface area contributed by atoms with Crippen molar-refractivity contribution in [1.82, 2.24) is 0 Å². The fourth-order valence-corrected chi connectivity index (χ4v) is 2.50. The van der Waals surface area contributed by atoms with Crippen LogP contribution in [0.4, 0.5) is 4.39 Å². The van der Waals surface area contributed by atoms with Gasteiger partial charge in [0, 0.05) is 0 Å². The molecule has 0 fully saturated rings. The van der Waals surface area contributed by atoms with Crippen molar-refractivity contribution in [1.29, 1.82) is 0 Å². The van der Waals surface area contributed by atoms with Gasteiger partial charge in [0.15, 0.2) is 0 Å². The Kier molecular flexibility index (Phi) is 11.0. The third-order valence-electron chi connectivity index (χ3n) is 4.33. The Bertz CT molecular complexity index is 360. The minimum Gasteiger partial charge on any atom is -0.243 e. The van der Waals surface area contributed by atoms with E-state index in [2.05, 4.69) is 39.7 Å². The van der Waals surface area contributed by atoms with Crippen molar-refractivity contribution >= 4 is 0 Å². The Morgan fingerprint density at radius 1 is 1.29 bits per heavy atom. The molecule has 0 aromatic rings. The molecule has 0 aromatic heterocycles. The SMILES string of the molecule is C=C=C(CCC/C=C\C(F)CC)C(C)C(C)CC(C)C=C. The summed E-state index contributed by atoms with van der Waals surface area (Å²) < 4.78 is 13.1. The molecule has 4 unspecified atom stereocenters. The topological polar surface area (TPSA) is 0 Å². The number of unbranched alkanes of at least 4 members (excludes halogenated alkanes) is 1. The quantitative estimate of drug-likeness (QED) is 0.227. The molecule has 21 heavy (non-hydrogen) atoms. The number of hydrogen-bond acceptors (Lipinski definition) is 0. The molecule has 0 nitrogen and oxygen atoms in total. The zero-order valence-corrected chi connectivity index (χ0v) is 14.4. The number of rotatable bonds is 11. The van der Waals surface area contributed by atoms with Crippen molar-refractivity contribution in [2.75, 3.05) is 0 Å². The summed E-state index contributed by atoms with van der Waals surface area (Å²) in [4.78, 5) is 0. The first kappa shape index (κ1) is 19.9. The zero-order valence-electron chi connectivity index (χ0n) is 14.4. The Morgan fingerprint density at radius 3 is 2.48 bits per heavy atom. The van der Waals surface area contributed by atoms with Gasteiger partial charge in [0.2, 0.25) is 0 Å². The minimum atomic E-state index is -0.793. The highest BCUT2D eigenvalue weighted by Gasteiger charge is 2.17. The van der Waals surface area contributed by atoms with Crippen molar-refractivity contribution in [3.63, 3.8) is 0 Å². The molecule has 0 bridgehead atoms. The first-order chi connectivity index (χ1) is 9.96. The molecule has 0 aliphatic rings. The van der Waals surface area contributed by atoms with Crippen molar-refractivity contribution in [2.24, 2.45) is 17.8 Å². The third-order valence-corrected chi connectivity index (χ3v) is 4.33. The van der Waals surface area contributed by atoms with Gasteiger partial charge in [0.05, 0.1) is 0 Å². The van der Waals surface area contributed by atoms with E-state index >= 15 is 0 Å². The molecule has 1 heteroatoms. The maximum atomic E-state index is 13.1. The third kappa shape index (κ3) is 8.73. The lowest BCUT2D eigenvalue weighted by Crippen LogP contribution is -2.13. The van der Waals surface area contributed by atoms with E-state index in [9.17, 15) is 4.39 Å². The van der Waals surface area contributed by atoms with Gasteiger partial charge in [0.1, 0.15) is 6.17 Å². The number of hydrogen-bond donors (Lipinski definition) is 0. The molecule has 0 radical (unpaired) electrons. The maximum Gasteiger partial charge on any atom is 0.118 e. The lowest BCUT2D eigenvalue weighted by molar-refractivity contribution is 0.367. The van der Waals surface area contributed by atoms with E-state index in [4.69, 9.17) is 0 Å². The molecule has 0 heterocycles. The fourth-order valence-electron chi connectivity index (χ4n) is 2.50. The molecule has 0 spiro atoms. The highest BCUT2D eigenvalue weighted by molar-refractivity contribution is 5.05. The summed E-state index contributed by atoms with van der Waals surface area (Å²) in [5.74, 6) is 1.65. The van der Waals surface area contributed by atoms with E-state index in [1.165, 1.54) is 5.57 Å². The van der Waals surface area contributed by atoms with E-state index in [-0.39, 0.29) is 0 Å². The van der Waals surface area contributed by atoms with Crippen LogP contribution in [0.1, 0.15) is 59.8 Å². The highest BCUT2D eigenvalue weighted by atomic mass is 19.1. The lowest BCUT2D eigenvalue weighted by atomic mass is 9.81. The lowest BCUT2D eigenvalue weighted by Gasteiger charge is -2.23. The van der Waals surface area contributed by atoms with Gasteiger partial charge < -0.3 is 0 Å².